The number of cyclic esters (lactones) is 3. The second-order valence-electron chi connectivity index (χ2n) is 17.7. The lowest BCUT2D eigenvalue weighted by molar-refractivity contribution is 0.0523. The van der Waals surface area contributed by atoms with Crippen molar-refractivity contribution >= 4 is 40.2 Å². The predicted molar refractivity (Wildman–Crippen MR) is 269 cm³/mol. The highest BCUT2D eigenvalue weighted by Crippen LogP contribution is 2.46. The van der Waals surface area contributed by atoms with Crippen molar-refractivity contribution in [2.75, 3.05) is 67.1 Å². The monoisotopic (exact) mass is 1090 g/mol. The molecule has 20 nitrogen and oxygen atoms in total. The van der Waals surface area contributed by atoms with Gasteiger partial charge in [-0.3, -0.25) is 13.5 Å². The number of methoxy groups -OCH3 is 3. The Morgan fingerprint density at radius 1 is 0.589 bits per heavy atom. The highest BCUT2D eigenvalue weighted by Gasteiger charge is 2.34. The Labute approximate surface area is 424 Å². The van der Waals surface area contributed by atoms with Gasteiger partial charge < -0.3 is 72.6 Å². The van der Waals surface area contributed by atoms with Crippen LogP contribution in [0, 0.1) is 20.8 Å². The van der Waals surface area contributed by atoms with Crippen molar-refractivity contribution < 1.29 is 102 Å². The van der Waals surface area contributed by atoms with Gasteiger partial charge in [0.05, 0.1) is 55.1 Å². The molecule has 73 heavy (non-hydrogen) atoms. The van der Waals surface area contributed by atoms with Crippen molar-refractivity contribution in [3.63, 3.8) is 0 Å². The smallest absolute Gasteiger partial charge is 0.342 e. The van der Waals surface area contributed by atoms with Crippen molar-refractivity contribution in [1.29, 1.82) is 0 Å². The van der Waals surface area contributed by atoms with E-state index < -0.39 is 47.4 Å². The molecule has 0 spiro atoms. The average molecular weight is 1090 g/mol. The summed E-state index contributed by atoms with van der Waals surface area (Å²) >= 11 is 0. The maximum atomic E-state index is 11.9. The van der Waals surface area contributed by atoms with Gasteiger partial charge in [0.15, 0.2) is 0 Å². The minimum absolute atomic E-state index is 0.0865. The van der Waals surface area contributed by atoms with Crippen LogP contribution >= 0.6 is 22.3 Å². The third-order valence-electron chi connectivity index (χ3n) is 11.5. The molecule has 6 rings (SSSR count). The zero-order valence-electron chi connectivity index (χ0n) is 43.7. The van der Waals surface area contributed by atoms with Gasteiger partial charge >= 0.3 is 33.1 Å². The molecule has 3 aliphatic heterocycles. The maximum Gasteiger partial charge on any atom is 0.342 e. The van der Waals surface area contributed by atoms with Gasteiger partial charge in [0.25, 0.3) is 0 Å². The number of halogens is 1. The molecule has 0 atom stereocenters. The second-order valence-corrected chi connectivity index (χ2v) is 24.4. The fourth-order valence-electron chi connectivity index (χ4n) is 8.18. The zero-order valence-corrected chi connectivity index (χ0v) is 45.4. The molecule has 404 valence electrons. The Kier molecular flexibility index (Phi) is 21.5. The van der Waals surface area contributed by atoms with Crippen LogP contribution in [0.15, 0.2) is 34.9 Å². The Bertz CT molecular complexity index is 2730. The molecular formula is C49H66FO20P3. The van der Waals surface area contributed by atoms with E-state index in [1.165, 1.54) is 21.3 Å². The molecule has 0 saturated carbocycles. The number of benzene rings is 3. The topological polar surface area (TPSA) is 309 Å². The van der Waals surface area contributed by atoms with Crippen molar-refractivity contribution in [2.24, 2.45) is 0 Å². The number of esters is 3. The third kappa shape index (κ3) is 16.0. The first kappa shape index (κ1) is 60.1. The Morgan fingerprint density at radius 2 is 0.863 bits per heavy atom. The van der Waals surface area contributed by atoms with Crippen LogP contribution < -0.4 is 14.2 Å². The standard InChI is InChI=1S/C18H25O6P.2C15H19O7P.CH3F/c1-11(8-23-10-25(4,5)21)6-7-13-16(19)15-14(9-24-18(15)20)12(2)17(13)22-3;2*1-8(7-23(18,19)20)4-5-10-13(16)12-11(6-22-15(12)17)9(2)14(10)21-3;1-2/h6,19H,7-10H2,1-5H3;2*4,16H,5-7H2,1-3H3,(H2,18,19,20);1H3/b11-6+;2*8-4+;/i;;;1D. The summed E-state index contributed by atoms with van der Waals surface area (Å²) in [4.78, 5) is 71.4. The molecule has 0 radical (unpaired) electrons. The van der Waals surface area contributed by atoms with E-state index >= 15 is 0 Å². The van der Waals surface area contributed by atoms with E-state index in [2.05, 4.69) is 0 Å². The summed E-state index contributed by atoms with van der Waals surface area (Å²) in [5, 5.41) is 31.3. The molecule has 0 fully saturated rings. The highest BCUT2D eigenvalue weighted by atomic mass is 31.2. The zero-order chi connectivity index (χ0) is 56.2. The molecule has 3 heterocycles. The molecule has 3 aromatic rings. The fraction of sp³-hybridized carbons (Fsp3) is 0.449. The summed E-state index contributed by atoms with van der Waals surface area (Å²) < 4.78 is 85.7. The number of alkyl halides is 1. The van der Waals surface area contributed by atoms with E-state index in [1.807, 2.05) is 19.9 Å². The highest BCUT2D eigenvalue weighted by molar-refractivity contribution is 7.62. The van der Waals surface area contributed by atoms with Crippen LogP contribution in [0.25, 0.3) is 0 Å². The van der Waals surface area contributed by atoms with Gasteiger partial charge in [0.1, 0.15) is 78.1 Å². The number of hydrogen-bond donors (Lipinski definition) is 7. The molecule has 0 unspecified atom stereocenters. The molecule has 0 amide bonds. The molecule has 0 aromatic heterocycles. The number of carbonyl (C=O) groups is 3. The Hall–Kier alpha value is -5.49. The van der Waals surface area contributed by atoms with Crippen LogP contribution in [-0.4, -0.2) is 120 Å². The summed E-state index contributed by atoms with van der Waals surface area (Å²) in [5.41, 5.74) is 7.86. The number of phenols is 3. The summed E-state index contributed by atoms with van der Waals surface area (Å²) in [6, 6.07) is 0. The Balaban J connectivity index is 0.000000285. The van der Waals surface area contributed by atoms with Gasteiger partial charge in [-0.15, -0.1) is 0 Å². The molecular weight excluding hydrogens is 1020 g/mol. The number of aromatic hydroxyl groups is 3. The van der Waals surface area contributed by atoms with E-state index in [0.29, 0.717) is 85.9 Å². The van der Waals surface area contributed by atoms with Crippen molar-refractivity contribution in [1.82, 2.24) is 0 Å². The average Bonchev–Trinajstić information content (AvgIpc) is 4.01. The van der Waals surface area contributed by atoms with Crippen LogP contribution in [0.1, 0.15) is 103 Å². The number of fused-ring (bicyclic) bond motifs is 3. The lowest BCUT2D eigenvalue weighted by Gasteiger charge is -2.16. The first-order chi connectivity index (χ1) is 34.4. The molecule has 3 aliphatic rings. The van der Waals surface area contributed by atoms with E-state index in [9.17, 15) is 47.8 Å². The third-order valence-corrected chi connectivity index (χ3v) is 14.2. The molecule has 0 aliphatic carbocycles. The minimum Gasteiger partial charge on any atom is -0.507 e. The van der Waals surface area contributed by atoms with Gasteiger partial charge in [-0.25, -0.2) is 14.4 Å². The lowest BCUT2D eigenvalue weighted by Crippen LogP contribution is -2.03. The quantitative estimate of drug-likeness (QED) is 0.0290. The Morgan fingerprint density at radius 3 is 1.11 bits per heavy atom. The molecule has 0 saturated heterocycles. The first-order valence-electron chi connectivity index (χ1n) is 22.9. The second kappa shape index (κ2) is 26.1. The minimum atomic E-state index is -4.14. The number of carbonyl (C=O) groups excluding carboxylic acids is 3. The fourth-order valence-corrected chi connectivity index (χ4v) is 10.3. The van der Waals surface area contributed by atoms with Crippen molar-refractivity contribution in [3.8, 4) is 34.5 Å². The first-order valence-corrected chi connectivity index (χ1v) is 28.5. The number of phenolic OH excluding ortho intramolecular Hbond substituents is 3. The van der Waals surface area contributed by atoms with Crippen LogP contribution in [0.2, 0.25) is 0 Å². The van der Waals surface area contributed by atoms with Crippen molar-refractivity contribution in [2.45, 2.75) is 80.6 Å². The number of ether oxygens (including phenoxy) is 7. The van der Waals surface area contributed by atoms with Gasteiger partial charge in [-0.05, 0) is 90.8 Å². The van der Waals surface area contributed by atoms with Crippen LogP contribution in [0.5, 0.6) is 34.5 Å². The van der Waals surface area contributed by atoms with E-state index in [-0.39, 0.29) is 85.3 Å². The summed E-state index contributed by atoms with van der Waals surface area (Å²) in [6.07, 6.45) is 5.37. The van der Waals surface area contributed by atoms with Gasteiger partial charge in [-0.1, -0.05) is 34.9 Å². The van der Waals surface area contributed by atoms with Gasteiger partial charge in [0.2, 0.25) is 0 Å². The van der Waals surface area contributed by atoms with E-state index in [1.54, 1.807) is 53.2 Å². The summed E-state index contributed by atoms with van der Waals surface area (Å²) in [5.74, 6) is -0.719. The van der Waals surface area contributed by atoms with Crippen LogP contribution in [0.3, 0.4) is 0 Å². The van der Waals surface area contributed by atoms with Crippen molar-refractivity contribution in [3.05, 3.63) is 102 Å². The molecule has 0 bridgehead atoms. The van der Waals surface area contributed by atoms with Gasteiger partial charge in [-0.2, -0.15) is 0 Å². The number of allylic oxidation sites excluding steroid dienone is 5. The van der Waals surface area contributed by atoms with Crippen LogP contribution in [0.4, 0.5) is 4.39 Å². The van der Waals surface area contributed by atoms with Gasteiger partial charge in [0, 0.05) is 33.4 Å². The lowest BCUT2D eigenvalue weighted by atomic mass is 9.95. The summed E-state index contributed by atoms with van der Waals surface area (Å²) in [6.45, 7) is 14.5. The largest absolute Gasteiger partial charge is 0.507 e. The molecule has 7 N–H and O–H groups in total. The molecule has 24 heteroatoms. The molecule has 3 aromatic carbocycles. The maximum absolute atomic E-state index is 11.9. The SMILES string of the molecule is COc1c(C)c2c(c(O)c1C/C=C(\C)COCP(C)(C)=O)C(=O)OC2.COc1c(C)c2c(c(O)c1C/C=C(\C)CP(=O)(O)O)C(=O)OC2.COc1c(C)c2c(c(O)c1C/C=C(\C)CP(=O)(O)O)C(=O)OC2.[2H]CF. The predicted octanol–water partition coefficient (Wildman–Crippen LogP) is 8.14. The van der Waals surface area contributed by atoms with E-state index in [0.717, 1.165) is 11.1 Å². The van der Waals surface area contributed by atoms with E-state index in [4.69, 9.17) is 54.1 Å². The number of rotatable bonds is 17. The van der Waals surface area contributed by atoms with Crippen LogP contribution in [-0.2, 0) is 71.7 Å². The normalized spacial score (nSPS) is 14.4. The number of hydrogen-bond acceptors (Lipinski definition) is 16. The summed E-state index contributed by atoms with van der Waals surface area (Å²) in [7, 11) is -7.03.